The normalized spacial score (nSPS) is 25.9. The zero-order valence-electron chi connectivity index (χ0n) is 7.85. The highest BCUT2D eigenvalue weighted by atomic mass is 16.4. The van der Waals surface area contributed by atoms with Gasteiger partial charge in [-0.05, 0) is 12.8 Å². The van der Waals surface area contributed by atoms with Crippen LogP contribution in [0.1, 0.15) is 25.7 Å². The first-order chi connectivity index (χ1) is 6.45. The van der Waals surface area contributed by atoms with Crippen molar-refractivity contribution in [2.24, 2.45) is 11.5 Å². The fourth-order valence-electron chi connectivity index (χ4n) is 1.19. The summed E-state index contributed by atoms with van der Waals surface area (Å²) in [6.07, 6.45) is 4.80. The summed E-state index contributed by atoms with van der Waals surface area (Å²) >= 11 is 0. The van der Waals surface area contributed by atoms with Crippen LogP contribution in [-0.4, -0.2) is 34.2 Å². The summed E-state index contributed by atoms with van der Waals surface area (Å²) in [7, 11) is 0. The number of carbonyl (C=O) groups is 2. The van der Waals surface area contributed by atoms with Gasteiger partial charge in [-0.1, -0.05) is 12.8 Å². The first kappa shape index (κ1) is 12.9. The van der Waals surface area contributed by atoms with E-state index in [1.54, 1.807) is 0 Å². The molecule has 2 atom stereocenters. The van der Waals surface area contributed by atoms with Gasteiger partial charge in [0.25, 0.3) is 0 Å². The Morgan fingerprint density at radius 1 is 0.929 bits per heavy atom. The third-order valence-corrected chi connectivity index (χ3v) is 2.06. The van der Waals surface area contributed by atoms with E-state index in [9.17, 15) is 0 Å². The predicted molar refractivity (Wildman–Crippen MR) is 49.7 cm³/mol. The molecule has 0 aliphatic heterocycles. The molecule has 0 amide bonds. The van der Waals surface area contributed by atoms with Gasteiger partial charge in [-0.15, -0.1) is 0 Å². The Morgan fingerprint density at radius 3 is 1.36 bits per heavy atom. The van der Waals surface area contributed by atoms with Crippen LogP contribution in [0, 0.1) is 0 Å². The van der Waals surface area contributed by atoms with E-state index in [-0.39, 0.29) is 12.1 Å². The molecule has 1 saturated carbocycles. The fraction of sp³-hybridized carbons (Fsp3) is 0.750. The van der Waals surface area contributed by atoms with Crippen molar-refractivity contribution >= 4 is 11.9 Å². The number of hydrogen-bond acceptors (Lipinski definition) is 4. The van der Waals surface area contributed by atoms with E-state index in [0.717, 1.165) is 12.8 Å². The van der Waals surface area contributed by atoms with Crippen molar-refractivity contribution in [3.05, 3.63) is 0 Å². The maximum Gasteiger partial charge on any atom is 0.414 e. The Bertz CT molecular complexity index is 186. The molecule has 6 N–H and O–H groups in total. The van der Waals surface area contributed by atoms with Gasteiger partial charge in [-0.2, -0.15) is 0 Å². The average Bonchev–Trinajstić information content (AvgIpc) is 2.11. The molecule has 0 unspecified atom stereocenters. The van der Waals surface area contributed by atoms with Crippen LogP contribution in [0.15, 0.2) is 0 Å². The largest absolute Gasteiger partial charge is 0.473 e. The molecule has 0 spiro atoms. The molecule has 82 valence electrons. The molecule has 6 heteroatoms. The number of nitrogens with two attached hydrogens (primary N) is 2. The van der Waals surface area contributed by atoms with Gasteiger partial charge >= 0.3 is 11.9 Å². The lowest BCUT2D eigenvalue weighted by atomic mass is 9.92. The molecular weight excluding hydrogens is 188 g/mol. The molecule has 0 saturated heterocycles. The smallest absolute Gasteiger partial charge is 0.414 e. The van der Waals surface area contributed by atoms with Gasteiger partial charge in [-0.3, -0.25) is 0 Å². The Kier molecular flexibility index (Phi) is 5.82. The monoisotopic (exact) mass is 204 g/mol. The van der Waals surface area contributed by atoms with E-state index in [0.29, 0.717) is 0 Å². The lowest BCUT2D eigenvalue weighted by Gasteiger charge is -2.24. The van der Waals surface area contributed by atoms with Crippen LogP contribution in [0.2, 0.25) is 0 Å². The molecule has 14 heavy (non-hydrogen) atoms. The van der Waals surface area contributed by atoms with Gasteiger partial charge in [0.1, 0.15) is 0 Å². The Morgan fingerprint density at radius 2 is 1.21 bits per heavy atom. The molecule has 0 bridgehead atoms. The highest BCUT2D eigenvalue weighted by molar-refractivity contribution is 6.27. The third kappa shape index (κ3) is 5.50. The predicted octanol–water partition coefficient (Wildman–Crippen LogP) is -0.629. The van der Waals surface area contributed by atoms with Crippen molar-refractivity contribution in [2.75, 3.05) is 0 Å². The highest BCUT2D eigenvalue weighted by Gasteiger charge is 2.16. The second kappa shape index (κ2) is 6.33. The molecule has 1 aliphatic rings. The van der Waals surface area contributed by atoms with Gasteiger partial charge in [0.05, 0.1) is 0 Å². The van der Waals surface area contributed by atoms with Crippen molar-refractivity contribution in [2.45, 2.75) is 37.8 Å². The van der Waals surface area contributed by atoms with Crippen molar-refractivity contribution in [3.8, 4) is 0 Å². The van der Waals surface area contributed by atoms with E-state index in [4.69, 9.17) is 31.3 Å². The first-order valence-corrected chi connectivity index (χ1v) is 4.42. The average molecular weight is 204 g/mol. The van der Waals surface area contributed by atoms with Crippen LogP contribution in [0.4, 0.5) is 0 Å². The van der Waals surface area contributed by atoms with Crippen LogP contribution < -0.4 is 11.5 Å². The molecule has 1 aliphatic carbocycles. The van der Waals surface area contributed by atoms with E-state index in [2.05, 4.69) is 0 Å². The van der Waals surface area contributed by atoms with Gasteiger partial charge in [-0.25, -0.2) is 9.59 Å². The maximum atomic E-state index is 9.10. The molecular formula is C8H16N2O4. The van der Waals surface area contributed by atoms with Crippen molar-refractivity contribution in [3.63, 3.8) is 0 Å². The summed E-state index contributed by atoms with van der Waals surface area (Å²) in [6, 6.07) is 0.562. The fourth-order valence-corrected chi connectivity index (χ4v) is 1.19. The van der Waals surface area contributed by atoms with Crippen molar-refractivity contribution < 1.29 is 19.8 Å². The van der Waals surface area contributed by atoms with Gasteiger partial charge < -0.3 is 21.7 Å². The van der Waals surface area contributed by atoms with Crippen LogP contribution >= 0.6 is 0 Å². The zero-order valence-corrected chi connectivity index (χ0v) is 7.85. The first-order valence-electron chi connectivity index (χ1n) is 4.42. The van der Waals surface area contributed by atoms with Crippen LogP contribution in [0.5, 0.6) is 0 Å². The number of carboxylic acid groups (broad SMARTS) is 2. The van der Waals surface area contributed by atoms with Gasteiger partial charge in [0.15, 0.2) is 0 Å². The maximum absolute atomic E-state index is 9.10. The quantitative estimate of drug-likeness (QED) is 0.389. The van der Waals surface area contributed by atoms with Crippen LogP contribution in [0.25, 0.3) is 0 Å². The molecule has 0 heterocycles. The summed E-state index contributed by atoms with van der Waals surface area (Å²) in [5.41, 5.74) is 11.3. The second-order valence-corrected chi connectivity index (χ2v) is 3.22. The number of rotatable bonds is 0. The Balaban J connectivity index is 0.000000255. The van der Waals surface area contributed by atoms with E-state index >= 15 is 0 Å². The zero-order chi connectivity index (χ0) is 11.1. The highest BCUT2D eigenvalue weighted by Crippen LogP contribution is 2.14. The summed E-state index contributed by atoms with van der Waals surface area (Å²) in [6.45, 7) is 0. The van der Waals surface area contributed by atoms with E-state index in [1.165, 1.54) is 12.8 Å². The number of hydrogen-bond donors (Lipinski definition) is 4. The van der Waals surface area contributed by atoms with Crippen LogP contribution in [0.3, 0.4) is 0 Å². The number of aliphatic carboxylic acids is 2. The molecule has 0 aromatic heterocycles. The number of carboxylic acids is 2. The minimum Gasteiger partial charge on any atom is -0.473 e. The summed E-state index contributed by atoms with van der Waals surface area (Å²) < 4.78 is 0. The molecule has 1 fully saturated rings. The minimum atomic E-state index is -1.82. The minimum absolute atomic E-state index is 0.281. The SMILES string of the molecule is N[C@@H]1CCCC[C@H]1N.O=C(O)C(=O)O. The molecule has 0 aromatic rings. The van der Waals surface area contributed by atoms with Crippen molar-refractivity contribution in [1.82, 2.24) is 0 Å². The molecule has 0 aromatic carbocycles. The lowest BCUT2D eigenvalue weighted by molar-refractivity contribution is -0.159. The van der Waals surface area contributed by atoms with E-state index < -0.39 is 11.9 Å². The lowest BCUT2D eigenvalue weighted by Crippen LogP contribution is -2.43. The molecule has 0 radical (unpaired) electrons. The standard InChI is InChI=1S/C6H14N2.C2H2O4/c7-5-3-1-2-4-6(5)8;3-1(4)2(5)6/h5-6H,1-4,7-8H2;(H,3,4)(H,5,6)/t5-,6-;/m1./s1. The van der Waals surface area contributed by atoms with Gasteiger partial charge in [0.2, 0.25) is 0 Å². The summed E-state index contributed by atoms with van der Waals surface area (Å²) in [5, 5.41) is 14.8. The third-order valence-electron chi connectivity index (χ3n) is 2.06. The molecule has 1 rings (SSSR count). The van der Waals surface area contributed by atoms with Crippen LogP contribution in [-0.2, 0) is 9.59 Å². The van der Waals surface area contributed by atoms with Crippen molar-refractivity contribution in [1.29, 1.82) is 0 Å². The topological polar surface area (TPSA) is 127 Å². The Labute approximate surface area is 81.9 Å². The second-order valence-electron chi connectivity index (χ2n) is 3.22. The van der Waals surface area contributed by atoms with E-state index in [1.807, 2.05) is 0 Å². The summed E-state index contributed by atoms with van der Waals surface area (Å²) in [4.78, 5) is 18.2. The van der Waals surface area contributed by atoms with Gasteiger partial charge in [0, 0.05) is 12.1 Å². The molecule has 6 nitrogen and oxygen atoms in total. The Hall–Kier alpha value is -1.14. The summed E-state index contributed by atoms with van der Waals surface area (Å²) in [5.74, 6) is -3.65.